The van der Waals surface area contributed by atoms with Crippen molar-refractivity contribution in [3.8, 4) is 0 Å². The van der Waals surface area contributed by atoms with Crippen LogP contribution in [0.5, 0.6) is 0 Å². The molecule has 0 bridgehead atoms. The van der Waals surface area contributed by atoms with Gasteiger partial charge in [0.15, 0.2) is 0 Å². The molecule has 0 atom stereocenters. The van der Waals surface area contributed by atoms with Gasteiger partial charge >= 0.3 is 0 Å². The zero-order valence-corrected chi connectivity index (χ0v) is 14.8. The van der Waals surface area contributed by atoms with Crippen LogP contribution in [0.4, 0.5) is 5.69 Å². The third kappa shape index (κ3) is 5.75. The largest absolute Gasteiger partial charge is 0.346 e. The van der Waals surface area contributed by atoms with Crippen LogP contribution in [0.3, 0.4) is 0 Å². The second kappa shape index (κ2) is 8.43. The summed E-state index contributed by atoms with van der Waals surface area (Å²) >= 11 is 0. The summed E-state index contributed by atoms with van der Waals surface area (Å²) in [5, 5.41) is 4.88. The molecule has 2 amide bonds. The van der Waals surface area contributed by atoms with E-state index in [4.69, 9.17) is 5.73 Å². The quantitative estimate of drug-likeness (QED) is 0.526. The standard InChI is InChI=1S/C14H20N4O4S.ClH/c1-9-2-3-11(17-14(20)8-16-13(19)7-15)6-12(9)23(21,22)18-10-4-5-10;/h2-3,6,10,18H,4-5,7-8,15H2,1H3,(H,16,19)(H,17,20);1H. The molecule has 134 valence electrons. The molecule has 10 heteroatoms. The Morgan fingerprint density at radius 3 is 2.50 bits per heavy atom. The number of carbonyl (C=O) groups excluding carboxylic acids is 2. The predicted octanol–water partition coefficient (Wildman–Crippen LogP) is -0.129. The number of carbonyl (C=O) groups is 2. The first-order chi connectivity index (χ1) is 10.8. The summed E-state index contributed by atoms with van der Waals surface area (Å²) in [6, 6.07) is 4.64. The van der Waals surface area contributed by atoms with Gasteiger partial charge < -0.3 is 16.4 Å². The molecule has 0 aromatic heterocycles. The molecule has 0 spiro atoms. The fourth-order valence-electron chi connectivity index (χ4n) is 1.91. The number of aryl methyl sites for hydroxylation is 1. The van der Waals surface area contributed by atoms with Crippen LogP contribution in [-0.2, 0) is 19.6 Å². The lowest BCUT2D eigenvalue weighted by Gasteiger charge is -2.12. The van der Waals surface area contributed by atoms with Crippen molar-refractivity contribution in [1.82, 2.24) is 10.0 Å². The molecule has 1 aromatic rings. The number of anilines is 1. The molecular weight excluding hydrogens is 356 g/mol. The van der Waals surface area contributed by atoms with Crippen molar-refractivity contribution < 1.29 is 18.0 Å². The fraction of sp³-hybridized carbons (Fsp3) is 0.429. The maximum Gasteiger partial charge on any atom is 0.243 e. The molecule has 1 fully saturated rings. The van der Waals surface area contributed by atoms with Gasteiger partial charge in [-0.3, -0.25) is 9.59 Å². The Bertz CT molecular complexity index is 719. The molecule has 0 radical (unpaired) electrons. The van der Waals surface area contributed by atoms with Gasteiger partial charge in [0.25, 0.3) is 0 Å². The number of hydrogen-bond acceptors (Lipinski definition) is 5. The van der Waals surface area contributed by atoms with Crippen molar-refractivity contribution in [3.05, 3.63) is 23.8 Å². The summed E-state index contributed by atoms with van der Waals surface area (Å²) in [6.07, 6.45) is 1.69. The second-order valence-electron chi connectivity index (χ2n) is 5.40. The van der Waals surface area contributed by atoms with Crippen LogP contribution in [0.15, 0.2) is 23.1 Å². The van der Waals surface area contributed by atoms with E-state index in [0.29, 0.717) is 11.3 Å². The van der Waals surface area contributed by atoms with Gasteiger partial charge in [0.05, 0.1) is 18.0 Å². The number of benzene rings is 1. The Balaban J connectivity index is 0.00000288. The average molecular weight is 377 g/mol. The van der Waals surface area contributed by atoms with E-state index in [1.807, 2.05) is 0 Å². The van der Waals surface area contributed by atoms with Crippen molar-refractivity contribution in [2.45, 2.75) is 30.7 Å². The Labute approximate surface area is 147 Å². The van der Waals surface area contributed by atoms with Crippen LogP contribution in [0.25, 0.3) is 0 Å². The SMILES string of the molecule is Cc1ccc(NC(=O)CNC(=O)CN)cc1S(=O)(=O)NC1CC1.Cl. The maximum atomic E-state index is 12.3. The highest BCUT2D eigenvalue weighted by atomic mass is 35.5. The number of amides is 2. The van der Waals surface area contributed by atoms with Crippen molar-refractivity contribution in [2.24, 2.45) is 5.73 Å². The van der Waals surface area contributed by atoms with Gasteiger partial charge in [-0.05, 0) is 37.5 Å². The first-order valence-corrected chi connectivity index (χ1v) is 8.70. The molecule has 0 aliphatic heterocycles. The van der Waals surface area contributed by atoms with E-state index >= 15 is 0 Å². The van der Waals surface area contributed by atoms with E-state index in [2.05, 4.69) is 15.4 Å². The first kappa shape index (κ1) is 20.4. The fourth-order valence-corrected chi connectivity index (χ4v) is 3.48. The predicted molar refractivity (Wildman–Crippen MR) is 92.5 cm³/mol. The molecule has 1 aromatic carbocycles. The van der Waals surface area contributed by atoms with Gasteiger partial charge in [0.1, 0.15) is 0 Å². The molecule has 2 rings (SSSR count). The average Bonchev–Trinajstić information content (AvgIpc) is 3.29. The Morgan fingerprint density at radius 2 is 1.92 bits per heavy atom. The van der Waals surface area contributed by atoms with Gasteiger partial charge in [-0.1, -0.05) is 6.07 Å². The molecule has 1 aliphatic carbocycles. The summed E-state index contributed by atoms with van der Waals surface area (Å²) in [7, 11) is -3.60. The van der Waals surface area contributed by atoms with Crippen LogP contribution in [0.1, 0.15) is 18.4 Å². The van der Waals surface area contributed by atoms with Crippen molar-refractivity contribution >= 4 is 39.9 Å². The van der Waals surface area contributed by atoms with Crippen LogP contribution in [0.2, 0.25) is 0 Å². The van der Waals surface area contributed by atoms with E-state index < -0.39 is 21.8 Å². The van der Waals surface area contributed by atoms with Crippen molar-refractivity contribution in [3.63, 3.8) is 0 Å². The van der Waals surface area contributed by atoms with E-state index in [0.717, 1.165) is 12.8 Å². The van der Waals surface area contributed by atoms with Crippen LogP contribution in [-0.4, -0.2) is 39.4 Å². The van der Waals surface area contributed by atoms with Gasteiger partial charge in [-0.2, -0.15) is 0 Å². The van der Waals surface area contributed by atoms with Gasteiger partial charge in [0.2, 0.25) is 21.8 Å². The molecule has 1 saturated carbocycles. The molecule has 0 saturated heterocycles. The second-order valence-corrected chi connectivity index (χ2v) is 7.09. The maximum absolute atomic E-state index is 12.3. The summed E-state index contributed by atoms with van der Waals surface area (Å²) in [5.41, 5.74) is 6.06. The summed E-state index contributed by atoms with van der Waals surface area (Å²) < 4.78 is 27.2. The molecule has 8 nitrogen and oxygen atoms in total. The minimum atomic E-state index is -3.60. The molecule has 1 aliphatic rings. The lowest BCUT2D eigenvalue weighted by Crippen LogP contribution is -2.36. The number of halogens is 1. The number of sulfonamides is 1. The molecule has 0 heterocycles. The summed E-state index contributed by atoms with van der Waals surface area (Å²) in [6.45, 7) is 1.26. The normalized spacial score (nSPS) is 13.8. The van der Waals surface area contributed by atoms with Crippen LogP contribution < -0.4 is 21.1 Å². The molecule has 24 heavy (non-hydrogen) atoms. The molecule has 0 unspecified atom stereocenters. The van der Waals surface area contributed by atoms with E-state index in [1.165, 1.54) is 6.07 Å². The highest BCUT2D eigenvalue weighted by Crippen LogP contribution is 2.25. The van der Waals surface area contributed by atoms with Gasteiger partial charge in [0, 0.05) is 11.7 Å². The number of nitrogens with one attached hydrogen (secondary N) is 3. The summed E-state index contributed by atoms with van der Waals surface area (Å²) in [4.78, 5) is 22.9. The van der Waals surface area contributed by atoms with E-state index in [-0.39, 0.29) is 36.4 Å². The minimum Gasteiger partial charge on any atom is -0.346 e. The van der Waals surface area contributed by atoms with Crippen LogP contribution >= 0.6 is 12.4 Å². The summed E-state index contributed by atoms with van der Waals surface area (Å²) in [5.74, 6) is -0.907. The monoisotopic (exact) mass is 376 g/mol. The zero-order valence-electron chi connectivity index (χ0n) is 13.2. The first-order valence-electron chi connectivity index (χ1n) is 7.21. The Hall–Kier alpha value is -1.68. The highest BCUT2D eigenvalue weighted by Gasteiger charge is 2.29. The number of hydrogen-bond donors (Lipinski definition) is 4. The van der Waals surface area contributed by atoms with E-state index in [1.54, 1.807) is 19.1 Å². The topological polar surface area (TPSA) is 130 Å². The van der Waals surface area contributed by atoms with Crippen molar-refractivity contribution in [2.75, 3.05) is 18.4 Å². The third-order valence-corrected chi connectivity index (χ3v) is 4.95. The molecule has 5 N–H and O–H groups in total. The lowest BCUT2D eigenvalue weighted by molar-refractivity contribution is -0.123. The third-order valence-electron chi connectivity index (χ3n) is 3.29. The smallest absolute Gasteiger partial charge is 0.243 e. The number of nitrogens with two attached hydrogens (primary N) is 1. The molecular formula is C14H21ClN4O4S. The number of rotatable bonds is 7. The minimum absolute atomic E-state index is 0. The van der Waals surface area contributed by atoms with Crippen molar-refractivity contribution in [1.29, 1.82) is 0 Å². The highest BCUT2D eigenvalue weighted by molar-refractivity contribution is 7.89. The zero-order chi connectivity index (χ0) is 17.0. The Kier molecular flexibility index (Phi) is 7.15. The van der Waals surface area contributed by atoms with Crippen LogP contribution in [0, 0.1) is 6.92 Å². The van der Waals surface area contributed by atoms with E-state index in [9.17, 15) is 18.0 Å². The Morgan fingerprint density at radius 1 is 1.25 bits per heavy atom. The lowest BCUT2D eigenvalue weighted by atomic mass is 10.2. The van der Waals surface area contributed by atoms with Gasteiger partial charge in [-0.15, -0.1) is 12.4 Å². The van der Waals surface area contributed by atoms with Gasteiger partial charge in [-0.25, -0.2) is 13.1 Å².